The van der Waals surface area contributed by atoms with E-state index in [2.05, 4.69) is 0 Å². The molecule has 0 amide bonds. The highest BCUT2D eigenvalue weighted by Gasteiger charge is 2.40. The van der Waals surface area contributed by atoms with Gasteiger partial charge in [-0.05, 0) is 19.1 Å². The molecule has 130 valence electrons. The zero-order chi connectivity index (χ0) is 17.2. The number of halogens is 5. The molecule has 1 aromatic carbocycles. The van der Waals surface area contributed by atoms with E-state index in [0.717, 1.165) is 19.1 Å². The predicted molar refractivity (Wildman–Crippen MR) is 74.8 cm³/mol. The molecule has 23 heavy (non-hydrogen) atoms. The molecule has 1 fully saturated rings. The third-order valence-corrected chi connectivity index (χ3v) is 4.19. The number of aliphatic hydroxyl groups excluding tert-OH is 1. The number of benzene rings is 1. The summed E-state index contributed by atoms with van der Waals surface area (Å²) in [5.41, 5.74) is -0.404. The lowest BCUT2D eigenvalue weighted by molar-refractivity contribution is -0.182. The lowest BCUT2D eigenvalue weighted by Crippen LogP contribution is -2.54. The van der Waals surface area contributed by atoms with Crippen LogP contribution in [0.4, 0.5) is 22.0 Å². The predicted octanol–water partition coefficient (Wildman–Crippen LogP) is 2.57. The van der Waals surface area contributed by atoms with Gasteiger partial charge in [-0.1, -0.05) is 6.07 Å². The van der Waals surface area contributed by atoms with Crippen LogP contribution >= 0.6 is 0 Å². The molecule has 8 heteroatoms. The Morgan fingerprint density at radius 2 is 1.61 bits per heavy atom. The standard InChI is InChI=1S/C15H19F5N2O/c1-10(15(18,19)20)22-7-5-21(6-8-22)9-13(23)14-11(16)3-2-4-12(14)17/h2-4,10,13,23H,5-9H2,1H3. The number of alkyl halides is 3. The minimum absolute atomic E-state index is 0.0217. The van der Waals surface area contributed by atoms with E-state index in [0.29, 0.717) is 13.1 Å². The third kappa shape index (κ3) is 4.39. The summed E-state index contributed by atoms with van der Waals surface area (Å²) in [5, 5.41) is 10.0. The largest absolute Gasteiger partial charge is 0.403 e. The molecule has 0 aliphatic carbocycles. The van der Waals surface area contributed by atoms with Crippen molar-refractivity contribution in [3.8, 4) is 0 Å². The van der Waals surface area contributed by atoms with Crippen molar-refractivity contribution in [3.05, 3.63) is 35.4 Å². The zero-order valence-corrected chi connectivity index (χ0v) is 12.7. The fraction of sp³-hybridized carbons (Fsp3) is 0.600. The van der Waals surface area contributed by atoms with E-state index in [1.807, 2.05) is 0 Å². The molecular formula is C15H19F5N2O. The molecule has 0 bridgehead atoms. The first-order valence-electron chi connectivity index (χ1n) is 7.35. The average Bonchev–Trinajstić information content (AvgIpc) is 2.46. The topological polar surface area (TPSA) is 26.7 Å². The van der Waals surface area contributed by atoms with Crippen molar-refractivity contribution >= 4 is 0 Å². The molecule has 3 nitrogen and oxygen atoms in total. The normalized spacial score (nSPS) is 20.5. The molecule has 1 aliphatic rings. The first kappa shape index (κ1) is 18.1. The van der Waals surface area contributed by atoms with E-state index in [-0.39, 0.29) is 19.6 Å². The van der Waals surface area contributed by atoms with Gasteiger partial charge in [0.1, 0.15) is 17.7 Å². The van der Waals surface area contributed by atoms with Crippen LogP contribution in [0.15, 0.2) is 18.2 Å². The molecule has 0 saturated carbocycles. The van der Waals surface area contributed by atoms with Gasteiger partial charge in [0, 0.05) is 32.7 Å². The van der Waals surface area contributed by atoms with Crippen LogP contribution in [-0.4, -0.2) is 59.8 Å². The minimum atomic E-state index is -4.28. The van der Waals surface area contributed by atoms with Gasteiger partial charge in [0.05, 0.1) is 11.7 Å². The van der Waals surface area contributed by atoms with Gasteiger partial charge in [0.2, 0.25) is 0 Å². The van der Waals surface area contributed by atoms with Crippen molar-refractivity contribution in [1.82, 2.24) is 9.80 Å². The number of hydrogen-bond donors (Lipinski definition) is 1. The Balaban J connectivity index is 1.92. The first-order valence-corrected chi connectivity index (χ1v) is 7.35. The van der Waals surface area contributed by atoms with Crippen molar-refractivity contribution in [3.63, 3.8) is 0 Å². The summed E-state index contributed by atoms with van der Waals surface area (Å²) in [6.45, 7) is 2.06. The summed E-state index contributed by atoms with van der Waals surface area (Å²) in [7, 11) is 0. The van der Waals surface area contributed by atoms with Crippen LogP contribution in [0.2, 0.25) is 0 Å². The second-order valence-electron chi connectivity index (χ2n) is 5.71. The van der Waals surface area contributed by atoms with Crippen LogP contribution in [0.1, 0.15) is 18.6 Å². The van der Waals surface area contributed by atoms with E-state index in [1.165, 1.54) is 11.0 Å². The molecule has 1 N–H and O–H groups in total. The van der Waals surface area contributed by atoms with Crippen LogP contribution in [0.3, 0.4) is 0 Å². The van der Waals surface area contributed by atoms with Crippen molar-refractivity contribution in [2.24, 2.45) is 0 Å². The molecule has 1 aliphatic heterocycles. The number of piperazine rings is 1. The van der Waals surface area contributed by atoms with Gasteiger partial charge < -0.3 is 5.11 Å². The highest BCUT2D eigenvalue weighted by molar-refractivity contribution is 5.22. The van der Waals surface area contributed by atoms with Gasteiger partial charge in [0.15, 0.2) is 0 Å². The maximum absolute atomic E-state index is 13.6. The molecule has 1 saturated heterocycles. The Hall–Kier alpha value is -1.25. The van der Waals surface area contributed by atoms with Crippen molar-refractivity contribution < 1.29 is 27.1 Å². The third-order valence-electron chi connectivity index (χ3n) is 4.19. The fourth-order valence-electron chi connectivity index (χ4n) is 2.71. The number of nitrogens with zero attached hydrogens (tertiary/aromatic N) is 2. The lowest BCUT2D eigenvalue weighted by Gasteiger charge is -2.39. The maximum Gasteiger partial charge on any atom is 0.403 e. The van der Waals surface area contributed by atoms with E-state index in [1.54, 1.807) is 4.90 Å². The smallest absolute Gasteiger partial charge is 0.387 e. The fourth-order valence-corrected chi connectivity index (χ4v) is 2.71. The molecule has 1 aromatic rings. The van der Waals surface area contributed by atoms with E-state index in [9.17, 15) is 27.1 Å². The second-order valence-corrected chi connectivity index (χ2v) is 5.71. The summed E-state index contributed by atoms with van der Waals surface area (Å²) < 4.78 is 65.2. The zero-order valence-electron chi connectivity index (χ0n) is 12.7. The molecular weight excluding hydrogens is 319 g/mol. The van der Waals surface area contributed by atoms with Crippen molar-refractivity contribution in [2.75, 3.05) is 32.7 Å². The van der Waals surface area contributed by atoms with Gasteiger partial charge in [-0.15, -0.1) is 0 Å². The van der Waals surface area contributed by atoms with Gasteiger partial charge >= 0.3 is 6.18 Å². The maximum atomic E-state index is 13.6. The van der Waals surface area contributed by atoms with Crippen LogP contribution in [0.5, 0.6) is 0 Å². The monoisotopic (exact) mass is 338 g/mol. The minimum Gasteiger partial charge on any atom is -0.387 e. The van der Waals surface area contributed by atoms with E-state index in [4.69, 9.17) is 0 Å². The molecule has 1 heterocycles. The highest BCUT2D eigenvalue weighted by atomic mass is 19.4. The van der Waals surface area contributed by atoms with Gasteiger partial charge in [0.25, 0.3) is 0 Å². The SMILES string of the molecule is CC(N1CCN(CC(O)c2c(F)cccc2F)CC1)C(F)(F)F. The van der Waals surface area contributed by atoms with Crippen LogP contribution in [0.25, 0.3) is 0 Å². The lowest BCUT2D eigenvalue weighted by atomic mass is 10.1. The Bertz CT molecular complexity index is 509. The second kappa shape index (κ2) is 7.11. The van der Waals surface area contributed by atoms with Gasteiger partial charge in [-0.25, -0.2) is 8.78 Å². The first-order chi connectivity index (χ1) is 10.7. The quantitative estimate of drug-likeness (QED) is 0.855. The van der Waals surface area contributed by atoms with Crippen molar-refractivity contribution in [1.29, 1.82) is 0 Å². The number of rotatable bonds is 4. The number of aliphatic hydroxyl groups is 1. The molecule has 2 rings (SSSR count). The summed E-state index contributed by atoms with van der Waals surface area (Å²) in [6.07, 6.45) is -5.64. The van der Waals surface area contributed by atoms with Crippen molar-refractivity contribution in [2.45, 2.75) is 25.2 Å². The van der Waals surface area contributed by atoms with Crippen LogP contribution < -0.4 is 0 Å². The molecule has 0 spiro atoms. The van der Waals surface area contributed by atoms with Crippen LogP contribution in [-0.2, 0) is 0 Å². The average molecular weight is 338 g/mol. The molecule has 2 unspecified atom stereocenters. The summed E-state index contributed by atoms with van der Waals surface area (Å²) in [6, 6.07) is 1.80. The Kier molecular flexibility index (Phi) is 5.59. The summed E-state index contributed by atoms with van der Waals surface area (Å²) in [4.78, 5) is 3.02. The van der Waals surface area contributed by atoms with Gasteiger partial charge in [-0.2, -0.15) is 13.2 Å². The molecule has 2 atom stereocenters. The summed E-state index contributed by atoms with van der Waals surface area (Å²) in [5.74, 6) is -1.66. The Morgan fingerprint density at radius 1 is 1.09 bits per heavy atom. The summed E-state index contributed by atoms with van der Waals surface area (Å²) >= 11 is 0. The Morgan fingerprint density at radius 3 is 2.09 bits per heavy atom. The number of hydrogen-bond acceptors (Lipinski definition) is 3. The van der Waals surface area contributed by atoms with E-state index >= 15 is 0 Å². The van der Waals surface area contributed by atoms with E-state index < -0.39 is 35.5 Å². The molecule has 0 aromatic heterocycles. The Labute approximate surface area is 131 Å². The van der Waals surface area contributed by atoms with Gasteiger partial charge in [-0.3, -0.25) is 9.80 Å². The van der Waals surface area contributed by atoms with Crippen LogP contribution in [0, 0.1) is 11.6 Å². The molecule has 0 radical (unpaired) electrons. The highest BCUT2D eigenvalue weighted by Crippen LogP contribution is 2.26. The number of β-amino-alcohol motifs (C(OH)–C–C–N with tert-alkyl or cyclic N) is 1.